The maximum absolute atomic E-state index is 2.35. The monoisotopic (exact) mass is 411 g/mol. The summed E-state index contributed by atoms with van der Waals surface area (Å²) in [6.45, 7) is 9.26. The molecule has 2 atom stereocenters. The summed E-state index contributed by atoms with van der Waals surface area (Å²) in [5.41, 5.74) is 8.29. The lowest BCUT2D eigenvalue weighted by Crippen LogP contribution is -2.16. The van der Waals surface area contributed by atoms with Gasteiger partial charge in [0, 0.05) is 42.1 Å². The topological polar surface area (TPSA) is 6.25 Å². The van der Waals surface area contributed by atoms with Gasteiger partial charge < -0.3 is 4.90 Å². The van der Waals surface area contributed by atoms with Crippen LogP contribution in [0.4, 0.5) is 11.4 Å². The molecule has 31 heavy (non-hydrogen) atoms. The van der Waals surface area contributed by atoms with E-state index >= 15 is 0 Å². The summed E-state index contributed by atoms with van der Waals surface area (Å²) in [5, 5.41) is 0. The first-order chi connectivity index (χ1) is 14.9. The smallest absolute Gasteiger partial charge is 0.209 e. The van der Waals surface area contributed by atoms with Crippen LogP contribution in [0.2, 0.25) is 0 Å². The molecule has 2 heteroatoms. The summed E-state index contributed by atoms with van der Waals surface area (Å²) in [6.07, 6.45) is 11.1. The number of benzene rings is 2. The summed E-state index contributed by atoms with van der Waals surface area (Å²) < 4.78 is 2.35. The van der Waals surface area contributed by atoms with Gasteiger partial charge in [0.1, 0.15) is 7.05 Å². The summed E-state index contributed by atoms with van der Waals surface area (Å²) in [4.78, 5) is 2.35. The minimum absolute atomic E-state index is 0.449. The predicted octanol–water partition coefficient (Wildman–Crippen LogP) is 7.04. The molecule has 0 aromatic heterocycles. The van der Waals surface area contributed by atoms with E-state index in [0.29, 0.717) is 23.7 Å². The lowest BCUT2D eigenvalue weighted by molar-refractivity contribution is -0.401. The number of allylic oxidation sites excluding steroid dienone is 6. The lowest BCUT2D eigenvalue weighted by atomic mass is 9.85. The quantitative estimate of drug-likeness (QED) is 0.378. The van der Waals surface area contributed by atoms with Crippen LogP contribution in [0.1, 0.15) is 50.7 Å². The molecule has 2 nitrogen and oxygen atoms in total. The van der Waals surface area contributed by atoms with Gasteiger partial charge in [-0.3, -0.25) is 0 Å². The Hall–Kier alpha value is -2.87. The van der Waals surface area contributed by atoms with Crippen molar-refractivity contribution in [2.75, 3.05) is 19.0 Å². The minimum atomic E-state index is 0.449. The van der Waals surface area contributed by atoms with Crippen molar-refractivity contribution in [1.29, 1.82) is 0 Å². The second-order valence-electron chi connectivity index (χ2n) is 9.44. The van der Waals surface area contributed by atoms with E-state index in [1.165, 1.54) is 33.9 Å². The Kier molecular flexibility index (Phi) is 6.00. The number of fused-ring (bicyclic) bond motifs is 2. The fourth-order valence-electron chi connectivity index (χ4n) is 5.33. The molecule has 2 aliphatic heterocycles. The van der Waals surface area contributed by atoms with Gasteiger partial charge in [-0.05, 0) is 29.5 Å². The minimum Gasteiger partial charge on any atom is -0.347 e. The van der Waals surface area contributed by atoms with Crippen molar-refractivity contribution >= 4 is 17.1 Å². The lowest BCUT2D eigenvalue weighted by Gasteiger charge is -2.20. The van der Waals surface area contributed by atoms with Crippen molar-refractivity contribution in [1.82, 2.24) is 0 Å². The fourth-order valence-corrected chi connectivity index (χ4v) is 5.33. The molecular weight excluding hydrogens is 376 g/mol. The number of hydrogen-bond acceptors (Lipinski definition) is 1. The molecule has 0 aliphatic carbocycles. The third kappa shape index (κ3) is 3.80. The zero-order chi connectivity index (χ0) is 22.1. The first-order valence-corrected chi connectivity index (χ1v) is 11.5. The number of nitrogens with zero attached hydrogens (tertiary/aromatic N) is 2. The van der Waals surface area contributed by atoms with Crippen molar-refractivity contribution in [2.45, 2.75) is 39.5 Å². The van der Waals surface area contributed by atoms with Crippen LogP contribution in [0.25, 0.3) is 0 Å². The zero-order valence-electron chi connectivity index (χ0n) is 19.7. The summed E-state index contributed by atoms with van der Waals surface area (Å²) in [5.74, 6) is 2.03. The molecule has 2 heterocycles. The number of para-hydroxylation sites is 2. The highest BCUT2D eigenvalue weighted by Gasteiger charge is 2.37. The van der Waals surface area contributed by atoms with E-state index in [1.807, 2.05) is 0 Å². The molecule has 0 spiro atoms. The Labute approximate surface area is 187 Å². The van der Waals surface area contributed by atoms with Crippen molar-refractivity contribution in [3.05, 3.63) is 95.7 Å². The molecular formula is C29H35N2+. The molecule has 0 bridgehead atoms. The van der Waals surface area contributed by atoms with Crippen LogP contribution < -0.4 is 4.90 Å². The molecule has 0 radical (unpaired) electrons. The molecule has 2 aliphatic rings. The molecule has 0 N–H and O–H groups in total. The highest BCUT2D eigenvalue weighted by atomic mass is 15.1. The molecule has 4 rings (SSSR count). The van der Waals surface area contributed by atoms with E-state index in [2.05, 4.69) is 130 Å². The van der Waals surface area contributed by atoms with Crippen LogP contribution in [0.15, 0.2) is 84.6 Å². The first kappa shape index (κ1) is 21.4. The predicted molar refractivity (Wildman–Crippen MR) is 134 cm³/mol. The van der Waals surface area contributed by atoms with E-state index in [0.717, 1.165) is 0 Å². The molecule has 0 saturated carbocycles. The van der Waals surface area contributed by atoms with Gasteiger partial charge >= 0.3 is 0 Å². The Bertz CT molecular complexity index is 1080. The van der Waals surface area contributed by atoms with E-state index in [4.69, 9.17) is 0 Å². The molecule has 2 aromatic carbocycles. The largest absolute Gasteiger partial charge is 0.347 e. The van der Waals surface area contributed by atoms with Crippen molar-refractivity contribution in [3.8, 4) is 0 Å². The van der Waals surface area contributed by atoms with Crippen LogP contribution in [0.3, 0.4) is 0 Å². The van der Waals surface area contributed by atoms with Crippen molar-refractivity contribution in [3.63, 3.8) is 0 Å². The molecule has 160 valence electrons. The normalized spacial score (nSPS) is 22.1. The van der Waals surface area contributed by atoms with Gasteiger partial charge in [0.15, 0.2) is 5.71 Å². The third-order valence-corrected chi connectivity index (χ3v) is 6.77. The van der Waals surface area contributed by atoms with E-state index in [1.54, 1.807) is 0 Å². The molecule has 0 fully saturated rings. The van der Waals surface area contributed by atoms with Gasteiger partial charge in [0.05, 0.1) is 5.92 Å². The van der Waals surface area contributed by atoms with E-state index in [-0.39, 0.29) is 0 Å². The zero-order valence-corrected chi connectivity index (χ0v) is 19.7. The highest BCUT2D eigenvalue weighted by molar-refractivity contribution is 6.00. The first-order valence-electron chi connectivity index (χ1n) is 11.5. The Balaban J connectivity index is 1.57. The van der Waals surface area contributed by atoms with Crippen LogP contribution in [-0.2, 0) is 0 Å². The summed E-state index contributed by atoms with van der Waals surface area (Å²) in [6, 6.07) is 17.6. The number of hydrogen-bond donors (Lipinski definition) is 0. The average molecular weight is 412 g/mol. The number of rotatable bonds is 5. The Morgan fingerprint density at radius 3 is 2.16 bits per heavy atom. The van der Waals surface area contributed by atoms with E-state index in [9.17, 15) is 0 Å². The molecule has 2 aromatic rings. The van der Waals surface area contributed by atoms with Gasteiger partial charge in [-0.15, -0.1) is 0 Å². The summed E-state index contributed by atoms with van der Waals surface area (Å²) >= 11 is 0. The maximum Gasteiger partial charge on any atom is 0.209 e. The number of anilines is 1. The van der Waals surface area contributed by atoms with Gasteiger partial charge in [0.2, 0.25) is 5.69 Å². The standard InChI is InChI=1S/C29H35N2/c1-20(2)28-22-14-10-12-16-24(22)30(5)26(28)18-8-7-9-19-27-29(21(3)4)23-15-11-13-17-25(23)31(27)6/h7-21,28-29H,1-6H3/q+1. The van der Waals surface area contributed by atoms with Crippen molar-refractivity contribution in [2.24, 2.45) is 11.8 Å². The Morgan fingerprint density at radius 1 is 0.806 bits per heavy atom. The van der Waals surface area contributed by atoms with Gasteiger partial charge in [-0.2, -0.15) is 4.58 Å². The molecule has 0 amide bonds. The van der Waals surface area contributed by atoms with Crippen LogP contribution in [0.5, 0.6) is 0 Å². The van der Waals surface area contributed by atoms with Gasteiger partial charge in [-0.25, -0.2) is 0 Å². The van der Waals surface area contributed by atoms with Crippen LogP contribution in [0, 0.1) is 11.8 Å². The highest BCUT2D eigenvalue weighted by Crippen LogP contribution is 2.46. The van der Waals surface area contributed by atoms with Crippen LogP contribution >= 0.6 is 0 Å². The second-order valence-corrected chi connectivity index (χ2v) is 9.44. The van der Waals surface area contributed by atoms with Gasteiger partial charge in [-0.1, -0.05) is 82.3 Å². The Morgan fingerprint density at radius 2 is 1.45 bits per heavy atom. The number of likely N-dealkylation sites (N-methyl/N-ethyl adjacent to an activating group) is 1. The second kappa shape index (κ2) is 8.70. The summed E-state index contributed by atoms with van der Waals surface area (Å²) in [7, 11) is 4.37. The fraction of sp³-hybridized carbons (Fsp3) is 0.345. The average Bonchev–Trinajstić information content (AvgIpc) is 3.20. The third-order valence-electron chi connectivity index (χ3n) is 6.77. The van der Waals surface area contributed by atoms with Crippen molar-refractivity contribution < 1.29 is 4.58 Å². The molecule has 2 unspecified atom stereocenters. The molecule has 0 saturated heterocycles. The van der Waals surface area contributed by atoms with E-state index < -0.39 is 0 Å². The van der Waals surface area contributed by atoms with Crippen LogP contribution in [-0.4, -0.2) is 24.4 Å². The SMILES string of the molecule is CC(C)C1C(/C=C/C=C/C=C2/C(C(C)C)c3ccccc3N2C)=[N+](C)c2ccccc21. The van der Waals surface area contributed by atoms with Gasteiger partial charge in [0.25, 0.3) is 0 Å². The maximum atomic E-state index is 2.35.